The number of aromatic nitrogens is 1. The number of benzene rings is 1. The predicted molar refractivity (Wildman–Crippen MR) is 154 cm³/mol. The van der Waals surface area contributed by atoms with Crippen molar-refractivity contribution in [2.24, 2.45) is 11.7 Å². The zero-order chi connectivity index (χ0) is 27.6. The standard InChI is InChI=1S/C32H48N2O5/c1-3-18-38-24-20-27-31(28(21-24)39-19-12-17-29(35)37-4-2)30-25(32(33)36)15-11-16-26(30)34(27)22-23-13-9-7-5-6-8-10-14-23/h20-21,23,25H,3-19,22H2,1-2H3,(H2,33,36). The molecule has 1 fully saturated rings. The minimum absolute atomic E-state index is 0.210. The Balaban J connectivity index is 1.75. The Bertz CT molecular complexity index is 1100. The third kappa shape index (κ3) is 7.49. The summed E-state index contributed by atoms with van der Waals surface area (Å²) >= 11 is 0. The summed E-state index contributed by atoms with van der Waals surface area (Å²) in [5.41, 5.74) is 9.36. The molecular formula is C32H48N2O5. The molecule has 2 aromatic rings. The molecule has 1 amide bonds. The van der Waals surface area contributed by atoms with Crippen LogP contribution in [0.15, 0.2) is 12.1 Å². The maximum atomic E-state index is 12.7. The fraction of sp³-hybridized carbons (Fsp3) is 0.688. The number of primary amides is 1. The molecule has 2 aliphatic carbocycles. The molecule has 0 spiro atoms. The van der Waals surface area contributed by atoms with Gasteiger partial charge in [0.2, 0.25) is 5.91 Å². The van der Waals surface area contributed by atoms with Crippen LogP contribution in [0, 0.1) is 5.92 Å². The number of carbonyl (C=O) groups excluding carboxylic acids is 2. The largest absolute Gasteiger partial charge is 0.493 e. The van der Waals surface area contributed by atoms with Gasteiger partial charge in [0.15, 0.2) is 0 Å². The smallest absolute Gasteiger partial charge is 0.305 e. The van der Waals surface area contributed by atoms with Crippen molar-refractivity contribution in [3.63, 3.8) is 0 Å². The summed E-state index contributed by atoms with van der Waals surface area (Å²) in [5, 5.41) is 0.997. The zero-order valence-electron chi connectivity index (χ0n) is 24.1. The van der Waals surface area contributed by atoms with Gasteiger partial charge in [-0.1, -0.05) is 45.4 Å². The maximum Gasteiger partial charge on any atom is 0.305 e. The van der Waals surface area contributed by atoms with E-state index in [1.165, 1.54) is 57.1 Å². The number of rotatable bonds is 12. The molecule has 0 radical (unpaired) electrons. The molecular weight excluding hydrogens is 492 g/mol. The van der Waals surface area contributed by atoms with Gasteiger partial charge in [0, 0.05) is 36.2 Å². The normalized spacial score (nSPS) is 18.6. The molecule has 1 atom stereocenters. The van der Waals surface area contributed by atoms with Crippen molar-refractivity contribution in [1.29, 1.82) is 0 Å². The lowest BCUT2D eigenvalue weighted by atomic mass is 9.84. The molecule has 2 aliphatic rings. The van der Waals surface area contributed by atoms with E-state index in [2.05, 4.69) is 17.6 Å². The van der Waals surface area contributed by atoms with E-state index in [9.17, 15) is 9.59 Å². The van der Waals surface area contributed by atoms with Crippen molar-refractivity contribution in [1.82, 2.24) is 4.57 Å². The van der Waals surface area contributed by atoms with Gasteiger partial charge in [0.05, 0.1) is 31.3 Å². The Labute approximate surface area is 233 Å². The van der Waals surface area contributed by atoms with Gasteiger partial charge in [-0.3, -0.25) is 9.59 Å². The predicted octanol–water partition coefficient (Wildman–Crippen LogP) is 6.81. The Morgan fingerprint density at radius 1 is 0.949 bits per heavy atom. The van der Waals surface area contributed by atoms with E-state index in [0.29, 0.717) is 38.6 Å². The summed E-state index contributed by atoms with van der Waals surface area (Å²) in [4.78, 5) is 24.6. The summed E-state index contributed by atoms with van der Waals surface area (Å²) < 4.78 is 20.0. The molecule has 1 heterocycles. The summed E-state index contributed by atoms with van der Waals surface area (Å²) in [7, 11) is 0. The van der Waals surface area contributed by atoms with E-state index in [4.69, 9.17) is 19.9 Å². The zero-order valence-corrected chi connectivity index (χ0v) is 24.1. The highest BCUT2D eigenvalue weighted by Gasteiger charge is 2.33. The quantitative estimate of drug-likeness (QED) is 0.236. The monoisotopic (exact) mass is 540 g/mol. The van der Waals surface area contributed by atoms with Crippen LogP contribution in [0.3, 0.4) is 0 Å². The van der Waals surface area contributed by atoms with Gasteiger partial charge >= 0.3 is 5.97 Å². The van der Waals surface area contributed by atoms with E-state index in [0.717, 1.165) is 60.2 Å². The molecule has 4 rings (SSSR count). The minimum Gasteiger partial charge on any atom is -0.493 e. The van der Waals surface area contributed by atoms with Crippen molar-refractivity contribution >= 4 is 22.8 Å². The second kappa shape index (κ2) is 14.6. The number of carbonyl (C=O) groups is 2. The molecule has 216 valence electrons. The van der Waals surface area contributed by atoms with E-state index < -0.39 is 0 Å². The van der Waals surface area contributed by atoms with Crippen LogP contribution >= 0.6 is 0 Å². The van der Waals surface area contributed by atoms with Gasteiger partial charge in [0.1, 0.15) is 11.5 Å². The highest BCUT2D eigenvalue weighted by molar-refractivity contribution is 5.98. The molecule has 7 nitrogen and oxygen atoms in total. The fourth-order valence-corrected chi connectivity index (χ4v) is 6.46. The van der Waals surface area contributed by atoms with Gasteiger partial charge < -0.3 is 24.5 Å². The lowest BCUT2D eigenvalue weighted by molar-refractivity contribution is -0.143. The molecule has 1 unspecified atom stereocenters. The SMILES string of the molecule is CCCOc1cc(OCCCC(=O)OCC)c2c3c(n(CC4CCCCCCCC4)c2c1)CCCC3C(N)=O. The lowest BCUT2D eigenvalue weighted by Crippen LogP contribution is -2.26. The molecule has 0 aliphatic heterocycles. The van der Waals surface area contributed by atoms with Gasteiger partial charge in [-0.2, -0.15) is 0 Å². The first kappa shape index (κ1) is 29.3. The topological polar surface area (TPSA) is 92.8 Å². The molecule has 1 saturated carbocycles. The molecule has 1 aromatic carbocycles. The van der Waals surface area contributed by atoms with Gasteiger partial charge in [-0.15, -0.1) is 0 Å². The van der Waals surface area contributed by atoms with E-state index in [1.54, 1.807) is 0 Å². The van der Waals surface area contributed by atoms with Gasteiger partial charge in [0.25, 0.3) is 0 Å². The first-order valence-electron chi connectivity index (χ1n) is 15.4. The average molecular weight is 541 g/mol. The van der Waals surface area contributed by atoms with Gasteiger partial charge in [-0.25, -0.2) is 0 Å². The molecule has 7 heteroatoms. The Morgan fingerprint density at radius 3 is 2.38 bits per heavy atom. The van der Waals surface area contributed by atoms with Crippen LogP contribution in [0.5, 0.6) is 11.5 Å². The van der Waals surface area contributed by atoms with Crippen molar-refractivity contribution in [3.8, 4) is 11.5 Å². The summed E-state index contributed by atoms with van der Waals surface area (Å²) in [6.07, 6.45) is 14.9. The molecule has 39 heavy (non-hydrogen) atoms. The van der Waals surface area contributed by atoms with Crippen LogP contribution in [0.25, 0.3) is 10.9 Å². The van der Waals surface area contributed by atoms with Crippen LogP contribution < -0.4 is 15.2 Å². The van der Waals surface area contributed by atoms with Crippen LogP contribution in [0.2, 0.25) is 0 Å². The van der Waals surface area contributed by atoms with E-state index in [-0.39, 0.29) is 17.8 Å². The van der Waals surface area contributed by atoms with Crippen LogP contribution in [0.4, 0.5) is 0 Å². The van der Waals surface area contributed by atoms with E-state index in [1.807, 2.05) is 13.0 Å². The second-order valence-electron chi connectivity index (χ2n) is 11.3. The minimum atomic E-state index is -0.317. The number of hydrogen-bond donors (Lipinski definition) is 1. The van der Waals surface area contributed by atoms with Crippen molar-refractivity contribution < 1.29 is 23.8 Å². The molecule has 1 aromatic heterocycles. The molecule has 0 saturated heterocycles. The van der Waals surface area contributed by atoms with Crippen molar-refractivity contribution in [2.75, 3.05) is 19.8 Å². The summed E-state index contributed by atoms with van der Waals surface area (Å²) in [6, 6.07) is 4.10. The first-order chi connectivity index (χ1) is 19.0. The number of nitrogens with two attached hydrogens (primary N) is 1. The number of hydrogen-bond acceptors (Lipinski definition) is 5. The lowest BCUT2D eigenvalue weighted by Gasteiger charge is -2.24. The number of esters is 1. The van der Waals surface area contributed by atoms with Crippen molar-refractivity contribution in [3.05, 3.63) is 23.4 Å². The van der Waals surface area contributed by atoms with Gasteiger partial charge in [-0.05, 0) is 63.4 Å². The van der Waals surface area contributed by atoms with Crippen LogP contribution in [0.1, 0.15) is 114 Å². The highest BCUT2D eigenvalue weighted by Crippen LogP contribution is 2.45. The summed E-state index contributed by atoms with van der Waals surface area (Å²) in [5.74, 6) is 1.33. The fourth-order valence-electron chi connectivity index (χ4n) is 6.46. The number of ether oxygens (including phenoxy) is 3. The second-order valence-corrected chi connectivity index (χ2v) is 11.3. The van der Waals surface area contributed by atoms with Crippen LogP contribution in [-0.2, 0) is 27.3 Å². The average Bonchev–Trinajstić information content (AvgIpc) is 3.30. The Morgan fingerprint density at radius 2 is 1.69 bits per heavy atom. The molecule has 2 N–H and O–H groups in total. The Kier molecular flexibility index (Phi) is 11.0. The first-order valence-corrected chi connectivity index (χ1v) is 15.4. The summed E-state index contributed by atoms with van der Waals surface area (Å²) in [6.45, 7) is 6.26. The van der Waals surface area contributed by atoms with E-state index >= 15 is 0 Å². The highest BCUT2D eigenvalue weighted by atomic mass is 16.5. The number of amides is 1. The third-order valence-electron chi connectivity index (χ3n) is 8.33. The van der Waals surface area contributed by atoms with Crippen LogP contribution in [-0.4, -0.2) is 36.3 Å². The van der Waals surface area contributed by atoms with Crippen molar-refractivity contribution in [2.45, 2.75) is 116 Å². The third-order valence-corrected chi connectivity index (χ3v) is 8.33. The molecule has 0 bridgehead atoms. The number of nitrogens with zero attached hydrogens (tertiary/aromatic N) is 1. The number of fused-ring (bicyclic) bond motifs is 3. The maximum absolute atomic E-state index is 12.7. The Hall–Kier alpha value is -2.70.